The van der Waals surface area contributed by atoms with Gasteiger partial charge in [0.2, 0.25) is 0 Å². The van der Waals surface area contributed by atoms with Crippen molar-refractivity contribution < 1.29 is 14.3 Å². The minimum atomic E-state index is -0.849. The molecule has 1 N–H and O–H groups in total. The number of Topliss-reactive ketones (excluding diaryl/α,β-unsaturated/α-hetero) is 1. The molecule has 3 rings (SSSR count). The lowest BCUT2D eigenvalue weighted by atomic mass is 9.91. The molecule has 112 valence electrons. The third kappa shape index (κ3) is 2.70. The maximum absolute atomic E-state index is 12.0. The van der Waals surface area contributed by atoms with Gasteiger partial charge in [0.25, 0.3) is 0 Å². The number of nitrogens with one attached hydrogen (secondary N) is 1. The monoisotopic (exact) mass is 315 g/mol. The first-order valence-corrected chi connectivity index (χ1v) is 7.26. The van der Waals surface area contributed by atoms with E-state index in [1.165, 1.54) is 6.92 Å². The third-order valence-electron chi connectivity index (χ3n) is 3.62. The molecule has 1 aliphatic rings. The van der Waals surface area contributed by atoms with Crippen LogP contribution in [0.3, 0.4) is 0 Å². The topological polar surface area (TPSA) is 55.4 Å². The number of benzene rings is 2. The van der Waals surface area contributed by atoms with Crippen LogP contribution in [0.25, 0.3) is 0 Å². The molecule has 0 radical (unpaired) electrons. The smallest absolute Gasteiger partial charge is 0.339 e. The Balaban J connectivity index is 2.01. The quantitative estimate of drug-likeness (QED) is 0.879. The number of hydrogen-bond acceptors (Lipinski definition) is 4. The second-order valence-corrected chi connectivity index (χ2v) is 5.59. The first-order chi connectivity index (χ1) is 10.6. The number of anilines is 1. The third-order valence-corrected chi connectivity index (χ3v) is 3.87. The van der Waals surface area contributed by atoms with Gasteiger partial charge in [0.15, 0.2) is 11.9 Å². The molecule has 0 aromatic heterocycles. The molecule has 0 saturated carbocycles. The maximum Gasteiger partial charge on any atom is 0.339 e. The molecule has 2 atom stereocenters. The minimum Gasteiger partial charge on any atom is -0.448 e. The molecular weight excluding hydrogens is 302 g/mol. The Morgan fingerprint density at radius 1 is 1.14 bits per heavy atom. The number of carbonyl (C=O) groups excluding carboxylic acids is 2. The highest BCUT2D eigenvalue weighted by molar-refractivity contribution is 6.30. The van der Waals surface area contributed by atoms with Crippen molar-refractivity contribution in [2.45, 2.75) is 19.1 Å². The molecule has 0 fully saturated rings. The maximum atomic E-state index is 12.0. The SMILES string of the molecule is CC(=O)[C@@H]1OC(=O)c2ccccc2[C@@H]1Nc1ccc(Cl)cc1. The van der Waals surface area contributed by atoms with Crippen LogP contribution in [0.2, 0.25) is 5.02 Å². The van der Waals surface area contributed by atoms with Crippen LogP contribution in [0.15, 0.2) is 48.5 Å². The fourth-order valence-corrected chi connectivity index (χ4v) is 2.69. The standard InChI is InChI=1S/C17H14ClNO3/c1-10(20)16-15(19-12-8-6-11(18)7-9-12)13-4-2-3-5-14(13)17(21)22-16/h2-9,15-16,19H,1H3/t15-,16-/m0/s1. The highest BCUT2D eigenvalue weighted by Crippen LogP contribution is 2.33. The summed E-state index contributed by atoms with van der Waals surface area (Å²) in [6.45, 7) is 1.42. The number of rotatable bonds is 3. The summed E-state index contributed by atoms with van der Waals surface area (Å²) in [6, 6.07) is 13.9. The van der Waals surface area contributed by atoms with E-state index in [9.17, 15) is 9.59 Å². The number of hydrogen-bond donors (Lipinski definition) is 1. The zero-order valence-corrected chi connectivity index (χ0v) is 12.6. The number of ketones is 1. The van der Waals surface area contributed by atoms with Crippen molar-refractivity contribution in [2.24, 2.45) is 0 Å². The van der Waals surface area contributed by atoms with Gasteiger partial charge in [-0.1, -0.05) is 29.8 Å². The normalized spacial score (nSPS) is 20.0. The van der Waals surface area contributed by atoms with Crippen molar-refractivity contribution in [2.75, 3.05) is 5.32 Å². The molecule has 22 heavy (non-hydrogen) atoms. The summed E-state index contributed by atoms with van der Waals surface area (Å²) in [7, 11) is 0. The zero-order chi connectivity index (χ0) is 15.7. The molecule has 1 heterocycles. The van der Waals surface area contributed by atoms with Crippen molar-refractivity contribution in [1.82, 2.24) is 0 Å². The van der Waals surface area contributed by atoms with E-state index in [-0.39, 0.29) is 5.78 Å². The largest absolute Gasteiger partial charge is 0.448 e. The highest BCUT2D eigenvalue weighted by Gasteiger charge is 2.38. The van der Waals surface area contributed by atoms with E-state index >= 15 is 0 Å². The van der Waals surface area contributed by atoms with Gasteiger partial charge in [-0.2, -0.15) is 0 Å². The van der Waals surface area contributed by atoms with E-state index in [1.54, 1.807) is 24.3 Å². The Hall–Kier alpha value is -2.33. The zero-order valence-electron chi connectivity index (χ0n) is 11.9. The Kier molecular flexibility index (Phi) is 3.86. The Morgan fingerprint density at radius 2 is 1.82 bits per heavy atom. The van der Waals surface area contributed by atoms with Crippen molar-refractivity contribution in [3.8, 4) is 0 Å². The predicted molar refractivity (Wildman–Crippen MR) is 84.1 cm³/mol. The Labute approximate surface area is 133 Å². The van der Waals surface area contributed by atoms with Gasteiger partial charge < -0.3 is 10.1 Å². The van der Waals surface area contributed by atoms with Crippen LogP contribution >= 0.6 is 11.6 Å². The van der Waals surface area contributed by atoms with Crippen LogP contribution in [0.4, 0.5) is 5.69 Å². The molecule has 0 unspecified atom stereocenters. The van der Waals surface area contributed by atoms with Crippen LogP contribution in [-0.4, -0.2) is 17.9 Å². The van der Waals surface area contributed by atoms with Gasteiger partial charge in [0, 0.05) is 10.7 Å². The summed E-state index contributed by atoms with van der Waals surface area (Å²) < 4.78 is 5.31. The van der Waals surface area contributed by atoms with Crippen LogP contribution < -0.4 is 5.32 Å². The van der Waals surface area contributed by atoms with Crippen LogP contribution in [0, 0.1) is 0 Å². The molecule has 2 aromatic rings. The summed E-state index contributed by atoms with van der Waals surface area (Å²) in [5.74, 6) is -0.667. The van der Waals surface area contributed by atoms with Crippen molar-refractivity contribution in [1.29, 1.82) is 0 Å². The molecule has 2 aromatic carbocycles. The first kappa shape index (κ1) is 14.6. The summed E-state index contributed by atoms with van der Waals surface area (Å²) in [4.78, 5) is 23.9. The van der Waals surface area contributed by atoms with E-state index in [0.717, 1.165) is 11.3 Å². The van der Waals surface area contributed by atoms with Crippen LogP contribution in [0.1, 0.15) is 28.9 Å². The first-order valence-electron chi connectivity index (χ1n) is 6.89. The van der Waals surface area contributed by atoms with Gasteiger partial charge in [-0.15, -0.1) is 0 Å². The molecule has 0 saturated heterocycles. The van der Waals surface area contributed by atoms with Crippen molar-refractivity contribution in [3.05, 3.63) is 64.7 Å². The predicted octanol–water partition coefficient (Wildman–Crippen LogP) is 3.62. The molecule has 0 aliphatic carbocycles. The second kappa shape index (κ2) is 5.81. The van der Waals surface area contributed by atoms with E-state index in [2.05, 4.69) is 5.32 Å². The summed E-state index contributed by atoms with van der Waals surface area (Å²) in [5.41, 5.74) is 2.04. The number of fused-ring (bicyclic) bond motifs is 1. The number of esters is 1. The van der Waals surface area contributed by atoms with E-state index in [1.807, 2.05) is 24.3 Å². The molecule has 5 heteroatoms. The molecule has 0 amide bonds. The molecular formula is C17H14ClNO3. The lowest BCUT2D eigenvalue weighted by molar-refractivity contribution is -0.126. The highest BCUT2D eigenvalue weighted by atomic mass is 35.5. The average molecular weight is 316 g/mol. The lowest BCUT2D eigenvalue weighted by Gasteiger charge is -2.32. The van der Waals surface area contributed by atoms with Crippen LogP contribution in [0.5, 0.6) is 0 Å². The van der Waals surface area contributed by atoms with E-state index < -0.39 is 18.1 Å². The number of cyclic esters (lactones) is 1. The van der Waals surface area contributed by atoms with Gasteiger partial charge >= 0.3 is 5.97 Å². The fourth-order valence-electron chi connectivity index (χ4n) is 2.56. The summed E-state index contributed by atoms with van der Waals surface area (Å²) in [5, 5.41) is 3.89. The number of carbonyl (C=O) groups is 2. The summed E-state index contributed by atoms with van der Waals surface area (Å²) in [6.07, 6.45) is -0.849. The number of halogens is 1. The Bertz CT molecular complexity index is 727. The minimum absolute atomic E-state index is 0.200. The van der Waals surface area contributed by atoms with Crippen molar-refractivity contribution >= 4 is 29.0 Å². The van der Waals surface area contributed by atoms with Gasteiger partial charge in [-0.3, -0.25) is 4.79 Å². The van der Waals surface area contributed by atoms with Gasteiger partial charge in [0.1, 0.15) is 0 Å². The van der Waals surface area contributed by atoms with E-state index in [4.69, 9.17) is 16.3 Å². The lowest BCUT2D eigenvalue weighted by Crippen LogP contribution is -2.40. The van der Waals surface area contributed by atoms with Gasteiger partial charge in [-0.25, -0.2) is 4.79 Å². The molecule has 1 aliphatic heterocycles. The van der Waals surface area contributed by atoms with Gasteiger partial charge in [0.05, 0.1) is 11.6 Å². The fraction of sp³-hybridized carbons (Fsp3) is 0.176. The Morgan fingerprint density at radius 3 is 2.50 bits per heavy atom. The van der Waals surface area contributed by atoms with Crippen LogP contribution in [-0.2, 0) is 9.53 Å². The van der Waals surface area contributed by atoms with Gasteiger partial charge in [-0.05, 0) is 42.8 Å². The molecule has 0 spiro atoms. The van der Waals surface area contributed by atoms with E-state index in [0.29, 0.717) is 10.6 Å². The average Bonchev–Trinajstić information content (AvgIpc) is 2.52. The summed E-state index contributed by atoms with van der Waals surface area (Å²) >= 11 is 5.88. The number of ether oxygens (including phenoxy) is 1. The molecule has 0 bridgehead atoms. The second-order valence-electron chi connectivity index (χ2n) is 5.15. The molecule has 4 nitrogen and oxygen atoms in total. The van der Waals surface area contributed by atoms with Crippen molar-refractivity contribution in [3.63, 3.8) is 0 Å².